The summed E-state index contributed by atoms with van der Waals surface area (Å²) in [5, 5.41) is 7.13. The van der Waals surface area contributed by atoms with Gasteiger partial charge in [-0.3, -0.25) is 9.59 Å². The van der Waals surface area contributed by atoms with Crippen molar-refractivity contribution >= 4 is 17.6 Å². The van der Waals surface area contributed by atoms with E-state index in [1.807, 2.05) is 11.8 Å². The quantitative estimate of drug-likeness (QED) is 0.807. The summed E-state index contributed by atoms with van der Waals surface area (Å²) in [6, 6.07) is 1.75. The molecule has 9 heteroatoms. The molecular weight excluding hydrogens is 348 g/mol. The van der Waals surface area contributed by atoms with E-state index in [0.717, 1.165) is 18.5 Å². The van der Waals surface area contributed by atoms with E-state index < -0.39 is 0 Å². The van der Waals surface area contributed by atoms with E-state index in [9.17, 15) is 9.59 Å². The number of nitrogens with zero attached hydrogens (tertiary/aromatic N) is 4. The number of aryl methyl sites for hydroxylation is 3. The number of hydrogen-bond donors (Lipinski definition) is 2. The molecule has 1 atom stereocenters. The van der Waals surface area contributed by atoms with Crippen molar-refractivity contribution in [2.24, 2.45) is 5.92 Å². The molecule has 27 heavy (non-hydrogen) atoms. The van der Waals surface area contributed by atoms with Gasteiger partial charge in [0.25, 0.3) is 5.91 Å². The first kappa shape index (κ1) is 18.9. The van der Waals surface area contributed by atoms with Crippen LogP contribution in [-0.2, 0) is 11.3 Å². The van der Waals surface area contributed by atoms with Gasteiger partial charge in [-0.05, 0) is 32.6 Å². The molecule has 0 aromatic carbocycles. The van der Waals surface area contributed by atoms with Crippen molar-refractivity contribution in [1.29, 1.82) is 0 Å². The lowest BCUT2D eigenvalue weighted by Crippen LogP contribution is -2.45. The van der Waals surface area contributed by atoms with E-state index in [0.29, 0.717) is 37.0 Å². The number of carbonyl (C=O) groups is 2. The fraction of sp³-hybridized carbons (Fsp3) is 0.556. The fourth-order valence-corrected chi connectivity index (χ4v) is 3.44. The normalized spacial score (nSPS) is 17.1. The third-order valence-corrected chi connectivity index (χ3v) is 4.75. The smallest absolute Gasteiger partial charge is 0.289 e. The molecule has 9 nitrogen and oxygen atoms in total. The van der Waals surface area contributed by atoms with Gasteiger partial charge >= 0.3 is 0 Å². The first-order chi connectivity index (χ1) is 12.8. The maximum absolute atomic E-state index is 12.6. The van der Waals surface area contributed by atoms with Gasteiger partial charge in [0.2, 0.25) is 11.7 Å². The van der Waals surface area contributed by atoms with Crippen molar-refractivity contribution in [2.45, 2.75) is 40.2 Å². The molecule has 0 saturated carbocycles. The standard InChI is InChI=1S/C18H26N6O3/c1-11-7-15(19)24(22-11)10-16(25)23-6-4-5-14(9-23)8-20-18(26)17-12(2)21-13(3)27-17/h7,14H,4-6,8-10,19H2,1-3H3,(H,20,26). The first-order valence-corrected chi connectivity index (χ1v) is 9.13. The Balaban J connectivity index is 1.53. The van der Waals surface area contributed by atoms with Crippen LogP contribution in [-0.4, -0.2) is 51.1 Å². The molecule has 2 aromatic heterocycles. The minimum absolute atomic E-state index is 0.0115. The minimum Gasteiger partial charge on any atom is -0.436 e. The second kappa shape index (κ2) is 7.81. The summed E-state index contributed by atoms with van der Waals surface area (Å²) in [5.74, 6) is 1.13. The molecule has 3 N–H and O–H groups in total. The van der Waals surface area contributed by atoms with Gasteiger partial charge in [0.05, 0.1) is 11.4 Å². The monoisotopic (exact) mass is 374 g/mol. The number of likely N-dealkylation sites (tertiary alicyclic amines) is 1. The molecule has 0 aliphatic carbocycles. The number of nitrogen functional groups attached to an aromatic ring is 1. The Morgan fingerprint density at radius 3 is 2.78 bits per heavy atom. The average molecular weight is 374 g/mol. The molecule has 1 saturated heterocycles. The number of nitrogens with one attached hydrogen (secondary N) is 1. The second-order valence-electron chi connectivity index (χ2n) is 7.07. The van der Waals surface area contributed by atoms with E-state index in [1.165, 1.54) is 4.68 Å². The van der Waals surface area contributed by atoms with E-state index in [4.69, 9.17) is 10.2 Å². The Morgan fingerprint density at radius 1 is 1.37 bits per heavy atom. The molecule has 3 rings (SSSR count). The van der Waals surface area contributed by atoms with Crippen LogP contribution in [0.2, 0.25) is 0 Å². The summed E-state index contributed by atoms with van der Waals surface area (Å²) >= 11 is 0. The van der Waals surface area contributed by atoms with Crippen molar-refractivity contribution in [3.05, 3.63) is 29.1 Å². The summed E-state index contributed by atoms with van der Waals surface area (Å²) in [7, 11) is 0. The van der Waals surface area contributed by atoms with Gasteiger partial charge in [0.1, 0.15) is 12.4 Å². The van der Waals surface area contributed by atoms with Crippen LogP contribution in [0.1, 0.15) is 40.7 Å². The van der Waals surface area contributed by atoms with Gasteiger partial charge in [-0.15, -0.1) is 0 Å². The molecule has 3 heterocycles. The van der Waals surface area contributed by atoms with Crippen molar-refractivity contribution in [3.63, 3.8) is 0 Å². The predicted octanol–water partition coefficient (Wildman–Crippen LogP) is 1.05. The van der Waals surface area contributed by atoms with Gasteiger partial charge in [0.15, 0.2) is 5.89 Å². The maximum atomic E-state index is 12.6. The number of oxazole rings is 1. The van der Waals surface area contributed by atoms with E-state index in [-0.39, 0.29) is 30.0 Å². The predicted molar refractivity (Wildman–Crippen MR) is 99.0 cm³/mol. The molecule has 2 amide bonds. The number of hydrogen-bond acceptors (Lipinski definition) is 6. The highest BCUT2D eigenvalue weighted by Gasteiger charge is 2.25. The highest BCUT2D eigenvalue weighted by molar-refractivity contribution is 5.92. The van der Waals surface area contributed by atoms with E-state index >= 15 is 0 Å². The van der Waals surface area contributed by atoms with Crippen LogP contribution in [0, 0.1) is 26.7 Å². The first-order valence-electron chi connectivity index (χ1n) is 9.13. The summed E-state index contributed by atoms with van der Waals surface area (Å²) in [4.78, 5) is 30.8. The van der Waals surface area contributed by atoms with E-state index in [1.54, 1.807) is 19.9 Å². The zero-order valence-electron chi connectivity index (χ0n) is 16.0. The van der Waals surface area contributed by atoms with Crippen LogP contribution >= 0.6 is 0 Å². The molecule has 0 spiro atoms. The van der Waals surface area contributed by atoms with Crippen LogP contribution in [0.5, 0.6) is 0 Å². The highest BCUT2D eigenvalue weighted by atomic mass is 16.4. The van der Waals surface area contributed by atoms with Crippen LogP contribution in [0.4, 0.5) is 5.82 Å². The lowest BCUT2D eigenvalue weighted by Gasteiger charge is -2.33. The molecule has 0 radical (unpaired) electrons. The highest BCUT2D eigenvalue weighted by Crippen LogP contribution is 2.17. The van der Waals surface area contributed by atoms with Gasteiger partial charge in [-0.2, -0.15) is 5.10 Å². The molecule has 1 aliphatic rings. The molecule has 0 bridgehead atoms. The number of nitrogens with two attached hydrogens (primary N) is 1. The second-order valence-corrected chi connectivity index (χ2v) is 7.07. The van der Waals surface area contributed by atoms with Crippen molar-refractivity contribution < 1.29 is 14.0 Å². The van der Waals surface area contributed by atoms with Crippen molar-refractivity contribution in [1.82, 2.24) is 25.0 Å². The maximum Gasteiger partial charge on any atom is 0.289 e. The summed E-state index contributed by atoms with van der Waals surface area (Å²) in [6.45, 7) is 7.24. The number of anilines is 1. The molecule has 146 valence electrons. The average Bonchev–Trinajstić information content (AvgIpc) is 3.13. The fourth-order valence-electron chi connectivity index (χ4n) is 3.44. The summed E-state index contributed by atoms with van der Waals surface area (Å²) in [5.41, 5.74) is 7.24. The number of piperidine rings is 1. The van der Waals surface area contributed by atoms with Gasteiger partial charge < -0.3 is 20.4 Å². The van der Waals surface area contributed by atoms with Crippen LogP contribution < -0.4 is 11.1 Å². The van der Waals surface area contributed by atoms with Gasteiger partial charge in [-0.1, -0.05) is 0 Å². The summed E-state index contributed by atoms with van der Waals surface area (Å²) < 4.78 is 6.87. The minimum atomic E-state index is -0.267. The topological polar surface area (TPSA) is 119 Å². The Kier molecular flexibility index (Phi) is 5.48. The molecule has 1 fully saturated rings. The Hall–Kier alpha value is -2.84. The number of amides is 2. The third kappa shape index (κ3) is 4.47. The number of carbonyl (C=O) groups excluding carboxylic acids is 2. The van der Waals surface area contributed by atoms with Crippen molar-refractivity contribution in [2.75, 3.05) is 25.4 Å². The van der Waals surface area contributed by atoms with Crippen molar-refractivity contribution in [3.8, 4) is 0 Å². The number of rotatable bonds is 5. The Labute approximate surface area is 157 Å². The lowest BCUT2D eigenvalue weighted by atomic mass is 9.98. The van der Waals surface area contributed by atoms with Crippen LogP contribution in [0.25, 0.3) is 0 Å². The molecular formula is C18H26N6O3. The van der Waals surface area contributed by atoms with Gasteiger partial charge in [0, 0.05) is 32.6 Å². The lowest BCUT2D eigenvalue weighted by molar-refractivity contribution is -0.133. The van der Waals surface area contributed by atoms with Crippen LogP contribution in [0.15, 0.2) is 10.5 Å². The van der Waals surface area contributed by atoms with E-state index in [2.05, 4.69) is 15.4 Å². The molecule has 1 aliphatic heterocycles. The Morgan fingerprint density at radius 2 is 2.15 bits per heavy atom. The Bertz CT molecular complexity index is 840. The zero-order chi connectivity index (χ0) is 19.6. The van der Waals surface area contributed by atoms with Crippen LogP contribution in [0.3, 0.4) is 0 Å². The molecule has 2 aromatic rings. The largest absolute Gasteiger partial charge is 0.436 e. The SMILES string of the molecule is Cc1cc(N)n(CC(=O)N2CCCC(CNC(=O)c3oc(C)nc3C)C2)n1. The molecule has 1 unspecified atom stereocenters. The summed E-state index contributed by atoms with van der Waals surface area (Å²) in [6.07, 6.45) is 1.86. The number of aromatic nitrogens is 3. The zero-order valence-corrected chi connectivity index (χ0v) is 16.0. The van der Waals surface area contributed by atoms with Gasteiger partial charge in [-0.25, -0.2) is 9.67 Å². The third-order valence-electron chi connectivity index (χ3n) is 4.75.